The van der Waals surface area contributed by atoms with Crippen LogP contribution >= 0.6 is 0 Å². The van der Waals surface area contributed by atoms with Gasteiger partial charge in [0.05, 0.1) is 6.61 Å². The Labute approximate surface area is 195 Å². The van der Waals surface area contributed by atoms with Crippen molar-refractivity contribution in [2.45, 2.75) is 69.1 Å². The lowest BCUT2D eigenvalue weighted by Gasteiger charge is -2.25. The number of rotatable bonds is 18. The maximum Gasteiger partial charge on any atom is 0.326 e. The van der Waals surface area contributed by atoms with Crippen LogP contribution in [0.1, 0.15) is 44.9 Å². The fourth-order valence-electron chi connectivity index (χ4n) is 2.75. The van der Waals surface area contributed by atoms with Gasteiger partial charge in [0, 0.05) is 12.8 Å². The van der Waals surface area contributed by atoms with E-state index in [1.54, 1.807) is 0 Å². The van der Waals surface area contributed by atoms with E-state index in [4.69, 9.17) is 27.4 Å². The number of nitrogens with one attached hydrogen (secondary N) is 3. The van der Waals surface area contributed by atoms with E-state index in [1.807, 2.05) is 0 Å². The summed E-state index contributed by atoms with van der Waals surface area (Å²) in [6.07, 6.45) is -0.452. The van der Waals surface area contributed by atoms with Crippen LogP contribution in [-0.4, -0.2) is 88.2 Å². The first-order valence-electron chi connectivity index (χ1n) is 10.6. The first-order chi connectivity index (χ1) is 15.9. The molecule has 0 saturated carbocycles. The lowest BCUT2D eigenvalue weighted by molar-refractivity contribution is -0.143. The Hall–Kier alpha value is -3.30. The van der Waals surface area contributed by atoms with Gasteiger partial charge in [-0.3, -0.25) is 24.0 Å². The lowest BCUT2D eigenvalue weighted by atomic mass is 10.0. The monoisotopic (exact) mass is 490 g/mol. The molecule has 0 saturated heterocycles. The molecular formula is C19H34N6O9. The Balaban J connectivity index is 5.53. The summed E-state index contributed by atoms with van der Waals surface area (Å²) < 4.78 is 0. The van der Waals surface area contributed by atoms with Crippen LogP contribution in [0.25, 0.3) is 0 Å². The molecule has 15 nitrogen and oxygen atoms in total. The molecule has 0 radical (unpaired) electrons. The standard InChI is InChI=1S/C19H34N6O9/c20-8-2-1-3-11(17(31)25-13(19(33)34)5-7-15(28)29)24-18(32)12(4-6-14(22)27)23-16(30)10(21)9-26/h10-13,26H,1-9,20-21H2,(H2,22,27)(H,23,30)(H,24,32)(H,25,31)(H,28,29)(H,33,34). The van der Waals surface area contributed by atoms with E-state index in [2.05, 4.69) is 16.0 Å². The number of amides is 4. The summed E-state index contributed by atoms with van der Waals surface area (Å²) in [5.74, 6) is -6.08. The van der Waals surface area contributed by atoms with Crippen LogP contribution in [0.3, 0.4) is 0 Å². The largest absolute Gasteiger partial charge is 0.481 e. The average molecular weight is 491 g/mol. The molecule has 0 aromatic heterocycles. The fourth-order valence-corrected chi connectivity index (χ4v) is 2.75. The molecule has 0 aromatic rings. The molecule has 4 unspecified atom stereocenters. The van der Waals surface area contributed by atoms with Gasteiger partial charge in [-0.15, -0.1) is 0 Å². The first-order valence-corrected chi connectivity index (χ1v) is 10.6. The maximum absolute atomic E-state index is 12.8. The number of carboxylic acids is 2. The average Bonchev–Trinajstić information content (AvgIpc) is 2.77. The number of aliphatic hydroxyl groups is 1. The van der Waals surface area contributed by atoms with Crippen molar-refractivity contribution in [2.24, 2.45) is 17.2 Å². The summed E-state index contributed by atoms with van der Waals surface area (Å²) in [5, 5.41) is 33.9. The van der Waals surface area contributed by atoms with Gasteiger partial charge in [0.25, 0.3) is 0 Å². The van der Waals surface area contributed by atoms with Crippen molar-refractivity contribution in [3.05, 3.63) is 0 Å². The normalized spacial score (nSPS) is 14.2. The fraction of sp³-hybridized carbons (Fsp3) is 0.684. The number of carbonyl (C=O) groups excluding carboxylic acids is 4. The quantitative estimate of drug-likeness (QED) is 0.0837. The van der Waals surface area contributed by atoms with Gasteiger partial charge < -0.3 is 48.5 Å². The van der Waals surface area contributed by atoms with Crippen molar-refractivity contribution in [1.29, 1.82) is 0 Å². The highest BCUT2D eigenvalue weighted by atomic mass is 16.4. The van der Waals surface area contributed by atoms with Crippen LogP contribution in [0.4, 0.5) is 0 Å². The zero-order valence-corrected chi connectivity index (χ0v) is 18.7. The smallest absolute Gasteiger partial charge is 0.326 e. The van der Waals surface area contributed by atoms with Gasteiger partial charge in [0.1, 0.15) is 24.2 Å². The summed E-state index contributed by atoms with van der Waals surface area (Å²) in [6, 6.07) is -5.42. The Kier molecular flexibility index (Phi) is 14.7. The second-order valence-corrected chi connectivity index (χ2v) is 7.53. The van der Waals surface area contributed by atoms with Crippen molar-refractivity contribution in [2.75, 3.05) is 13.2 Å². The molecule has 0 heterocycles. The molecule has 0 aliphatic rings. The van der Waals surface area contributed by atoms with Crippen molar-refractivity contribution in [3.63, 3.8) is 0 Å². The number of hydrogen-bond donors (Lipinski definition) is 9. The van der Waals surface area contributed by atoms with E-state index >= 15 is 0 Å². The highest BCUT2D eigenvalue weighted by Gasteiger charge is 2.30. The van der Waals surface area contributed by atoms with E-state index < -0.39 is 72.8 Å². The minimum atomic E-state index is -1.51. The highest BCUT2D eigenvalue weighted by molar-refractivity contribution is 5.94. The molecule has 0 aromatic carbocycles. The summed E-state index contributed by atoms with van der Waals surface area (Å²) in [4.78, 5) is 70.8. The zero-order chi connectivity index (χ0) is 26.3. The van der Waals surface area contributed by atoms with Crippen LogP contribution in [-0.2, 0) is 28.8 Å². The van der Waals surface area contributed by atoms with Gasteiger partial charge in [-0.25, -0.2) is 4.79 Å². The molecule has 0 rings (SSSR count). The third-order valence-electron chi connectivity index (χ3n) is 4.69. The number of unbranched alkanes of at least 4 members (excludes halogenated alkanes) is 1. The minimum Gasteiger partial charge on any atom is -0.481 e. The molecule has 15 heteroatoms. The van der Waals surface area contributed by atoms with Crippen molar-refractivity contribution in [1.82, 2.24) is 16.0 Å². The molecule has 0 fully saturated rings. The third kappa shape index (κ3) is 12.7. The van der Waals surface area contributed by atoms with Crippen molar-refractivity contribution in [3.8, 4) is 0 Å². The topological polar surface area (TPSA) is 277 Å². The summed E-state index contributed by atoms with van der Waals surface area (Å²) in [6.45, 7) is -0.401. The lowest BCUT2D eigenvalue weighted by Crippen LogP contribution is -2.57. The van der Waals surface area contributed by atoms with Crippen molar-refractivity contribution >= 4 is 35.6 Å². The van der Waals surface area contributed by atoms with Gasteiger partial charge in [-0.2, -0.15) is 0 Å². The molecule has 4 amide bonds. The van der Waals surface area contributed by atoms with E-state index in [0.717, 1.165) is 0 Å². The van der Waals surface area contributed by atoms with Gasteiger partial charge >= 0.3 is 11.9 Å². The molecule has 0 spiro atoms. The van der Waals surface area contributed by atoms with Gasteiger partial charge in [-0.1, -0.05) is 0 Å². The van der Waals surface area contributed by atoms with Gasteiger partial charge in [0.2, 0.25) is 23.6 Å². The predicted molar refractivity (Wildman–Crippen MR) is 117 cm³/mol. The third-order valence-corrected chi connectivity index (χ3v) is 4.69. The number of nitrogens with two attached hydrogens (primary N) is 3. The number of carbonyl (C=O) groups is 6. The maximum atomic E-state index is 12.8. The molecule has 12 N–H and O–H groups in total. The van der Waals surface area contributed by atoms with Crippen LogP contribution in [0.15, 0.2) is 0 Å². The molecule has 0 aliphatic carbocycles. The molecule has 4 atom stereocenters. The first kappa shape index (κ1) is 30.7. The number of aliphatic carboxylic acids is 2. The van der Waals surface area contributed by atoms with Crippen LogP contribution in [0.5, 0.6) is 0 Å². The van der Waals surface area contributed by atoms with E-state index in [0.29, 0.717) is 19.4 Å². The van der Waals surface area contributed by atoms with Crippen molar-refractivity contribution < 1.29 is 44.1 Å². The second-order valence-electron chi connectivity index (χ2n) is 7.53. The Morgan fingerprint density at radius 1 is 0.735 bits per heavy atom. The SMILES string of the molecule is NCCCCC(NC(=O)C(CCC(N)=O)NC(=O)C(N)CO)C(=O)NC(CCC(=O)O)C(=O)O. The Morgan fingerprint density at radius 3 is 1.71 bits per heavy atom. The molecule has 0 bridgehead atoms. The number of primary amides is 1. The molecule has 34 heavy (non-hydrogen) atoms. The van der Waals surface area contributed by atoms with Crippen LogP contribution in [0.2, 0.25) is 0 Å². The van der Waals surface area contributed by atoms with Crippen LogP contribution < -0.4 is 33.2 Å². The number of aliphatic hydroxyl groups excluding tert-OH is 1. The highest BCUT2D eigenvalue weighted by Crippen LogP contribution is 2.06. The Bertz CT molecular complexity index is 733. The predicted octanol–water partition coefficient (Wildman–Crippen LogP) is -3.90. The number of hydrogen-bond acceptors (Lipinski definition) is 9. The second kappa shape index (κ2) is 16.3. The summed E-state index contributed by atoms with van der Waals surface area (Å²) >= 11 is 0. The minimum absolute atomic E-state index is 0.0622. The molecule has 0 aliphatic heterocycles. The van der Waals surface area contributed by atoms with E-state index in [9.17, 15) is 33.9 Å². The van der Waals surface area contributed by atoms with Gasteiger partial charge in [-0.05, 0) is 38.6 Å². The Morgan fingerprint density at radius 2 is 1.24 bits per heavy atom. The molecule has 194 valence electrons. The van der Waals surface area contributed by atoms with Gasteiger partial charge in [0.15, 0.2) is 0 Å². The summed E-state index contributed by atoms with van der Waals surface area (Å²) in [7, 11) is 0. The van der Waals surface area contributed by atoms with E-state index in [1.165, 1.54) is 0 Å². The molecular weight excluding hydrogens is 456 g/mol. The zero-order valence-electron chi connectivity index (χ0n) is 18.7. The van der Waals surface area contributed by atoms with E-state index in [-0.39, 0.29) is 25.7 Å². The number of carboxylic acid groups (broad SMARTS) is 2. The van der Waals surface area contributed by atoms with Crippen LogP contribution in [0, 0.1) is 0 Å². The summed E-state index contributed by atoms with van der Waals surface area (Å²) in [5.41, 5.74) is 16.0.